The fraction of sp³-hybridized carbons (Fsp3) is 0.292. The molecule has 5 rings (SSSR count). The maximum Gasteiger partial charge on any atom is 0.265 e. The van der Waals surface area contributed by atoms with Crippen LogP contribution in [-0.2, 0) is 11.3 Å². The SMILES string of the molecule is COc1cccc2c3c(=O)n(-c4ccccc4)ccc3n(CCN3CCOCC3)c12. The standard InChI is InChI=1S/C24H25N3O3/c1-29-21-9-5-8-19-22-20(10-11-26(24(22)28)18-6-3-2-4-7-18)27(23(19)21)13-12-25-14-16-30-17-15-25/h2-11H,12-17H2,1H3. The van der Waals surface area contributed by atoms with Crippen LogP contribution in [0.2, 0.25) is 0 Å². The van der Waals surface area contributed by atoms with Crippen molar-refractivity contribution in [2.75, 3.05) is 40.0 Å². The van der Waals surface area contributed by atoms with E-state index in [-0.39, 0.29) is 5.56 Å². The summed E-state index contributed by atoms with van der Waals surface area (Å²) in [5, 5.41) is 1.67. The number of benzene rings is 2. The smallest absolute Gasteiger partial charge is 0.265 e. The number of pyridine rings is 1. The number of methoxy groups -OCH3 is 1. The van der Waals surface area contributed by atoms with E-state index < -0.39 is 0 Å². The van der Waals surface area contributed by atoms with Gasteiger partial charge in [0.2, 0.25) is 0 Å². The van der Waals surface area contributed by atoms with Gasteiger partial charge in [-0.05, 0) is 24.3 Å². The number of para-hydroxylation sites is 2. The van der Waals surface area contributed by atoms with Gasteiger partial charge in [-0.25, -0.2) is 0 Å². The van der Waals surface area contributed by atoms with E-state index >= 15 is 0 Å². The van der Waals surface area contributed by atoms with Gasteiger partial charge in [0, 0.05) is 43.4 Å². The zero-order chi connectivity index (χ0) is 20.5. The van der Waals surface area contributed by atoms with Crippen LogP contribution in [0.3, 0.4) is 0 Å². The highest BCUT2D eigenvalue weighted by Gasteiger charge is 2.19. The van der Waals surface area contributed by atoms with E-state index in [1.54, 1.807) is 11.7 Å². The van der Waals surface area contributed by atoms with Crippen molar-refractivity contribution < 1.29 is 9.47 Å². The monoisotopic (exact) mass is 403 g/mol. The lowest BCUT2D eigenvalue weighted by Crippen LogP contribution is -2.38. The Hall–Kier alpha value is -3.09. The molecule has 0 radical (unpaired) electrons. The minimum atomic E-state index is -0.0120. The molecule has 1 aliphatic heterocycles. The molecule has 0 spiro atoms. The van der Waals surface area contributed by atoms with Crippen LogP contribution in [0.4, 0.5) is 0 Å². The molecule has 0 bridgehead atoms. The van der Waals surface area contributed by atoms with E-state index in [1.807, 2.05) is 60.8 Å². The first-order chi connectivity index (χ1) is 14.8. The van der Waals surface area contributed by atoms with Gasteiger partial charge in [0.25, 0.3) is 5.56 Å². The van der Waals surface area contributed by atoms with E-state index in [0.29, 0.717) is 0 Å². The highest BCUT2D eigenvalue weighted by Crippen LogP contribution is 2.33. The third-order valence-electron chi connectivity index (χ3n) is 5.90. The van der Waals surface area contributed by atoms with E-state index in [1.165, 1.54) is 0 Å². The Morgan fingerprint density at radius 1 is 0.967 bits per heavy atom. The fourth-order valence-corrected chi connectivity index (χ4v) is 4.38. The number of rotatable bonds is 5. The van der Waals surface area contributed by atoms with Crippen molar-refractivity contribution in [2.45, 2.75) is 6.54 Å². The van der Waals surface area contributed by atoms with Gasteiger partial charge >= 0.3 is 0 Å². The van der Waals surface area contributed by atoms with Crippen LogP contribution in [0, 0.1) is 0 Å². The first-order valence-electron chi connectivity index (χ1n) is 10.3. The highest BCUT2D eigenvalue weighted by atomic mass is 16.5. The van der Waals surface area contributed by atoms with Crippen LogP contribution >= 0.6 is 0 Å². The second-order valence-corrected chi connectivity index (χ2v) is 7.55. The molecule has 154 valence electrons. The van der Waals surface area contributed by atoms with E-state index in [2.05, 4.69) is 9.47 Å². The molecule has 0 saturated carbocycles. The van der Waals surface area contributed by atoms with Gasteiger partial charge in [0.1, 0.15) is 5.75 Å². The van der Waals surface area contributed by atoms with Crippen LogP contribution in [0.15, 0.2) is 65.6 Å². The Kier molecular flexibility index (Phi) is 5.02. The average molecular weight is 403 g/mol. The third kappa shape index (κ3) is 3.18. The molecule has 6 heteroatoms. The minimum absolute atomic E-state index is 0.0120. The predicted octanol–water partition coefficient (Wildman–Crippen LogP) is 3.29. The van der Waals surface area contributed by atoms with E-state index in [4.69, 9.17) is 9.47 Å². The van der Waals surface area contributed by atoms with Crippen LogP contribution in [0.1, 0.15) is 0 Å². The molecule has 1 saturated heterocycles. The topological polar surface area (TPSA) is 48.6 Å². The van der Waals surface area contributed by atoms with Crippen molar-refractivity contribution in [3.63, 3.8) is 0 Å². The van der Waals surface area contributed by atoms with Gasteiger partial charge in [-0.3, -0.25) is 14.3 Å². The van der Waals surface area contributed by atoms with Crippen molar-refractivity contribution in [2.24, 2.45) is 0 Å². The summed E-state index contributed by atoms with van der Waals surface area (Å²) in [6, 6.07) is 17.7. The summed E-state index contributed by atoms with van der Waals surface area (Å²) in [4.78, 5) is 15.9. The number of aromatic nitrogens is 2. The summed E-state index contributed by atoms with van der Waals surface area (Å²) < 4.78 is 15.1. The highest BCUT2D eigenvalue weighted by molar-refractivity contribution is 6.09. The molecule has 0 N–H and O–H groups in total. The largest absolute Gasteiger partial charge is 0.495 e. The Morgan fingerprint density at radius 2 is 1.77 bits per heavy atom. The Balaban J connectivity index is 1.69. The summed E-state index contributed by atoms with van der Waals surface area (Å²) in [5.41, 5.74) is 2.77. The maximum absolute atomic E-state index is 13.5. The average Bonchev–Trinajstić information content (AvgIpc) is 3.13. The van der Waals surface area contributed by atoms with Crippen LogP contribution in [0.25, 0.3) is 27.5 Å². The molecule has 4 aromatic rings. The molecule has 0 amide bonds. The quantitative estimate of drug-likeness (QED) is 0.513. The van der Waals surface area contributed by atoms with Crippen molar-refractivity contribution in [1.29, 1.82) is 0 Å². The molecule has 0 unspecified atom stereocenters. The molecule has 6 nitrogen and oxygen atoms in total. The summed E-state index contributed by atoms with van der Waals surface area (Å²) >= 11 is 0. The zero-order valence-corrected chi connectivity index (χ0v) is 17.1. The Morgan fingerprint density at radius 3 is 2.53 bits per heavy atom. The molecular formula is C24H25N3O3. The molecule has 3 heterocycles. The molecule has 2 aromatic heterocycles. The number of nitrogens with zero attached hydrogens (tertiary/aromatic N) is 3. The van der Waals surface area contributed by atoms with Crippen molar-refractivity contribution in [3.05, 3.63) is 71.1 Å². The second-order valence-electron chi connectivity index (χ2n) is 7.55. The van der Waals surface area contributed by atoms with Crippen LogP contribution < -0.4 is 10.3 Å². The molecular weight excluding hydrogens is 378 g/mol. The summed E-state index contributed by atoms with van der Waals surface area (Å²) in [5.74, 6) is 0.788. The van der Waals surface area contributed by atoms with E-state index in [9.17, 15) is 4.79 Å². The van der Waals surface area contributed by atoms with Gasteiger partial charge in [-0.2, -0.15) is 0 Å². The van der Waals surface area contributed by atoms with Crippen molar-refractivity contribution >= 4 is 21.8 Å². The van der Waals surface area contributed by atoms with Gasteiger partial charge in [-0.15, -0.1) is 0 Å². The number of morpholine rings is 1. The summed E-state index contributed by atoms with van der Waals surface area (Å²) in [6.45, 7) is 5.12. The lowest BCUT2D eigenvalue weighted by Gasteiger charge is -2.27. The normalized spacial score (nSPS) is 15.1. The molecule has 0 atom stereocenters. The molecule has 1 aliphatic rings. The lowest BCUT2D eigenvalue weighted by atomic mass is 10.2. The number of hydrogen-bond donors (Lipinski definition) is 0. The van der Waals surface area contributed by atoms with Gasteiger partial charge in [0.15, 0.2) is 0 Å². The van der Waals surface area contributed by atoms with Gasteiger partial charge in [-0.1, -0.05) is 30.3 Å². The first kappa shape index (κ1) is 18.9. The molecule has 30 heavy (non-hydrogen) atoms. The Labute approximate surface area is 174 Å². The summed E-state index contributed by atoms with van der Waals surface area (Å²) in [7, 11) is 1.68. The van der Waals surface area contributed by atoms with Gasteiger partial charge in [0.05, 0.1) is 36.7 Å². The summed E-state index contributed by atoms with van der Waals surface area (Å²) in [6.07, 6.45) is 1.87. The van der Waals surface area contributed by atoms with Crippen LogP contribution in [-0.4, -0.2) is 54.0 Å². The van der Waals surface area contributed by atoms with Crippen LogP contribution in [0.5, 0.6) is 5.75 Å². The second kappa shape index (κ2) is 7.97. The number of ether oxygens (including phenoxy) is 2. The van der Waals surface area contributed by atoms with E-state index in [0.717, 1.165) is 72.6 Å². The molecule has 0 aliphatic carbocycles. The van der Waals surface area contributed by atoms with Crippen molar-refractivity contribution in [3.8, 4) is 11.4 Å². The molecule has 1 fully saturated rings. The first-order valence-corrected chi connectivity index (χ1v) is 10.3. The number of fused-ring (bicyclic) bond motifs is 3. The van der Waals surface area contributed by atoms with Gasteiger partial charge < -0.3 is 14.0 Å². The third-order valence-corrected chi connectivity index (χ3v) is 5.90. The minimum Gasteiger partial charge on any atom is -0.495 e. The lowest BCUT2D eigenvalue weighted by molar-refractivity contribution is 0.0366. The predicted molar refractivity (Wildman–Crippen MR) is 119 cm³/mol. The Bertz CT molecular complexity index is 1240. The fourth-order valence-electron chi connectivity index (χ4n) is 4.38. The molecule has 2 aromatic carbocycles. The van der Waals surface area contributed by atoms with Crippen molar-refractivity contribution in [1.82, 2.24) is 14.0 Å². The zero-order valence-electron chi connectivity index (χ0n) is 17.1. The number of hydrogen-bond acceptors (Lipinski definition) is 4. The maximum atomic E-state index is 13.5.